The molecular formula is C20H30F3N3O3. The smallest absolute Gasteiger partial charge is 0.416 e. The number of alkyl halides is 3. The van der Waals surface area contributed by atoms with Crippen LogP contribution in [0.2, 0.25) is 0 Å². The van der Waals surface area contributed by atoms with Gasteiger partial charge in [-0.05, 0) is 44.4 Å². The van der Waals surface area contributed by atoms with Crippen LogP contribution in [0.1, 0.15) is 37.8 Å². The summed E-state index contributed by atoms with van der Waals surface area (Å²) >= 11 is 0. The molecule has 1 atom stereocenters. The van der Waals surface area contributed by atoms with Crippen molar-refractivity contribution in [3.8, 4) is 5.75 Å². The molecule has 6 nitrogen and oxygen atoms in total. The van der Waals surface area contributed by atoms with Crippen LogP contribution >= 0.6 is 0 Å². The zero-order valence-corrected chi connectivity index (χ0v) is 17.1. The minimum Gasteiger partial charge on any atom is -0.491 e. The highest BCUT2D eigenvalue weighted by Crippen LogP contribution is 2.35. The van der Waals surface area contributed by atoms with Crippen molar-refractivity contribution in [3.63, 3.8) is 0 Å². The Morgan fingerprint density at radius 3 is 2.66 bits per heavy atom. The quantitative estimate of drug-likeness (QED) is 0.448. The Labute approximate surface area is 169 Å². The number of nitrogens with one attached hydrogen (secondary N) is 2. The number of hydrogen-bond donors (Lipinski definition) is 3. The molecule has 0 amide bonds. The number of hydrogen-bond acceptors (Lipinski definition) is 4. The second kappa shape index (κ2) is 10.2. The summed E-state index contributed by atoms with van der Waals surface area (Å²) in [6, 6.07) is 3.98. The van der Waals surface area contributed by atoms with Gasteiger partial charge >= 0.3 is 6.18 Å². The molecule has 0 bridgehead atoms. The Morgan fingerprint density at radius 1 is 1.34 bits per heavy atom. The van der Waals surface area contributed by atoms with E-state index in [0.29, 0.717) is 32.1 Å². The molecule has 0 aromatic heterocycles. The third-order valence-corrected chi connectivity index (χ3v) is 4.89. The topological polar surface area (TPSA) is 75.1 Å². The average Bonchev–Trinajstić information content (AvgIpc) is 3.10. The molecule has 0 saturated carbocycles. The third-order valence-electron chi connectivity index (χ3n) is 4.89. The highest BCUT2D eigenvalue weighted by molar-refractivity contribution is 5.79. The molecule has 3 N–H and O–H groups in total. The van der Waals surface area contributed by atoms with Crippen LogP contribution in [0.3, 0.4) is 0 Å². The molecule has 164 valence electrons. The number of halogens is 3. The number of aliphatic imine (C=N–C) groups is 1. The van der Waals surface area contributed by atoms with Gasteiger partial charge in [-0.2, -0.15) is 13.2 Å². The molecule has 1 aromatic carbocycles. The Bertz CT molecular complexity index is 687. The van der Waals surface area contributed by atoms with Crippen LogP contribution in [0.4, 0.5) is 13.2 Å². The number of benzene rings is 1. The zero-order chi connectivity index (χ0) is 21.5. The summed E-state index contributed by atoms with van der Waals surface area (Å²) in [6.07, 6.45) is -3.30. The molecule has 0 radical (unpaired) electrons. The second-order valence-corrected chi connectivity index (χ2v) is 7.54. The van der Waals surface area contributed by atoms with Crippen LogP contribution in [0.15, 0.2) is 23.2 Å². The maximum atomic E-state index is 13.5. The summed E-state index contributed by atoms with van der Waals surface area (Å²) in [6.45, 7) is 5.21. The summed E-state index contributed by atoms with van der Waals surface area (Å²) in [7, 11) is 1.56. The van der Waals surface area contributed by atoms with Gasteiger partial charge in [-0.3, -0.25) is 4.99 Å². The number of ether oxygens (including phenoxy) is 2. The van der Waals surface area contributed by atoms with Crippen molar-refractivity contribution < 1.29 is 27.8 Å². The highest BCUT2D eigenvalue weighted by atomic mass is 19.4. The van der Waals surface area contributed by atoms with Gasteiger partial charge in [0, 0.05) is 38.8 Å². The first-order valence-corrected chi connectivity index (χ1v) is 9.69. The highest BCUT2D eigenvalue weighted by Gasteiger charge is 2.35. The van der Waals surface area contributed by atoms with Gasteiger partial charge in [-0.15, -0.1) is 0 Å². The fourth-order valence-corrected chi connectivity index (χ4v) is 3.30. The van der Waals surface area contributed by atoms with Crippen LogP contribution in [0.25, 0.3) is 0 Å². The third kappa shape index (κ3) is 6.78. The number of rotatable bonds is 8. The Morgan fingerprint density at radius 2 is 2.10 bits per heavy atom. The van der Waals surface area contributed by atoms with Crippen molar-refractivity contribution in [1.82, 2.24) is 10.6 Å². The van der Waals surface area contributed by atoms with E-state index in [0.717, 1.165) is 12.5 Å². The molecule has 9 heteroatoms. The van der Waals surface area contributed by atoms with Gasteiger partial charge < -0.3 is 25.2 Å². The molecule has 0 spiro atoms. The van der Waals surface area contributed by atoms with Gasteiger partial charge in [0.2, 0.25) is 0 Å². The van der Waals surface area contributed by atoms with Crippen molar-refractivity contribution in [1.29, 1.82) is 0 Å². The number of guanidine groups is 1. The lowest BCUT2D eigenvalue weighted by Crippen LogP contribution is -2.44. The Hall–Kier alpha value is -2.00. The maximum Gasteiger partial charge on any atom is 0.416 e. The van der Waals surface area contributed by atoms with Gasteiger partial charge in [0.05, 0.1) is 18.3 Å². The molecule has 1 aliphatic heterocycles. The lowest BCUT2D eigenvalue weighted by atomic mass is 9.84. The predicted octanol–water partition coefficient (Wildman–Crippen LogP) is 2.95. The second-order valence-electron chi connectivity index (χ2n) is 7.54. The number of nitrogens with zero attached hydrogens (tertiary/aromatic N) is 1. The van der Waals surface area contributed by atoms with Crippen LogP contribution < -0.4 is 15.4 Å². The van der Waals surface area contributed by atoms with E-state index in [-0.39, 0.29) is 36.0 Å². The van der Waals surface area contributed by atoms with Crippen LogP contribution in [-0.2, 0) is 17.5 Å². The van der Waals surface area contributed by atoms with Gasteiger partial charge in [0.25, 0.3) is 0 Å². The fourth-order valence-electron chi connectivity index (χ4n) is 3.30. The molecule has 1 fully saturated rings. The van der Waals surface area contributed by atoms with Crippen molar-refractivity contribution in [3.05, 3.63) is 29.3 Å². The molecule has 1 saturated heterocycles. The minimum atomic E-state index is -4.49. The summed E-state index contributed by atoms with van der Waals surface area (Å²) in [5, 5.41) is 15.4. The largest absolute Gasteiger partial charge is 0.491 e. The van der Waals surface area contributed by atoms with Gasteiger partial charge in [-0.1, -0.05) is 6.07 Å². The van der Waals surface area contributed by atoms with Crippen LogP contribution in [0.5, 0.6) is 5.75 Å². The number of aliphatic hydroxyl groups excluding tert-OH is 1. The van der Waals surface area contributed by atoms with E-state index in [9.17, 15) is 18.3 Å². The molecular weight excluding hydrogens is 387 g/mol. The van der Waals surface area contributed by atoms with E-state index >= 15 is 0 Å². The van der Waals surface area contributed by atoms with Crippen LogP contribution in [-0.4, -0.2) is 50.6 Å². The van der Waals surface area contributed by atoms with Gasteiger partial charge in [0.1, 0.15) is 5.75 Å². The number of aliphatic hydroxyl groups is 1. The summed E-state index contributed by atoms with van der Waals surface area (Å²) in [5.41, 5.74) is -0.829. The van der Waals surface area contributed by atoms with Crippen molar-refractivity contribution in [2.45, 2.75) is 45.5 Å². The lowest BCUT2D eigenvalue weighted by Gasteiger charge is -2.27. The lowest BCUT2D eigenvalue weighted by molar-refractivity contribution is -0.138. The molecule has 1 aromatic rings. The first-order valence-electron chi connectivity index (χ1n) is 9.69. The van der Waals surface area contributed by atoms with Gasteiger partial charge in [0.15, 0.2) is 5.96 Å². The van der Waals surface area contributed by atoms with Crippen molar-refractivity contribution in [2.24, 2.45) is 10.4 Å². The molecule has 1 unspecified atom stereocenters. The summed E-state index contributed by atoms with van der Waals surface area (Å²) in [4.78, 5) is 4.09. The Balaban J connectivity index is 2.04. The van der Waals surface area contributed by atoms with Gasteiger partial charge in [-0.25, -0.2) is 0 Å². The first kappa shape index (κ1) is 23.3. The SMILES string of the molecule is CN=C(NCc1ccc(OC(C)C)cc1C(F)(F)F)NCC1(CCO)CCOC1. The minimum absolute atomic E-state index is 0.0417. The molecule has 2 rings (SSSR count). The van der Waals surface area contributed by atoms with E-state index < -0.39 is 11.7 Å². The van der Waals surface area contributed by atoms with E-state index in [1.54, 1.807) is 20.9 Å². The molecule has 1 aliphatic rings. The molecule has 29 heavy (non-hydrogen) atoms. The molecule has 0 aliphatic carbocycles. The van der Waals surface area contributed by atoms with Crippen molar-refractivity contribution >= 4 is 5.96 Å². The first-order chi connectivity index (χ1) is 13.7. The van der Waals surface area contributed by atoms with E-state index in [1.807, 2.05) is 0 Å². The molecule has 1 heterocycles. The van der Waals surface area contributed by atoms with Crippen molar-refractivity contribution in [2.75, 3.05) is 33.4 Å². The van der Waals surface area contributed by atoms with Crippen LogP contribution in [0, 0.1) is 5.41 Å². The fraction of sp³-hybridized carbons (Fsp3) is 0.650. The van der Waals surface area contributed by atoms with E-state index in [2.05, 4.69) is 15.6 Å². The van der Waals surface area contributed by atoms with E-state index in [1.165, 1.54) is 12.1 Å². The summed E-state index contributed by atoms with van der Waals surface area (Å²) < 4.78 is 51.3. The summed E-state index contributed by atoms with van der Waals surface area (Å²) in [5.74, 6) is 0.579. The zero-order valence-electron chi connectivity index (χ0n) is 17.1. The maximum absolute atomic E-state index is 13.5. The predicted molar refractivity (Wildman–Crippen MR) is 105 cm³/mol. The monoisotopic (exact) mass is 417 g/mol. The average molecular weight is 417 g/mol. The normalized spacial score (nSPS) is 20.2. The standard InChI is InChI=1S/C20H30F3N3O3/c1-14(2)29-16-5-4-15(17(10-16)20(21,22)23)11-25-18(24-3)26-12-19(6-8-27)7-9-28-13-19/h4-5,10,14,27H,6-9,11-13H2,1-3H3,(H2,24,25,26). The Kier molecular flexibility index (Phi) is 8.15. The van der Waals surface area contributed by atoms with E-state index in [4.69, 9.17) is 9.47 Å².